The highest BCUT2D eigenvalue weighted by atomic mass is 16.3. The van der Waals surface area contributed by atoms with Gasteiger partial charge in [0.2, 0.25) is 0 Å². The lowest BCUT2D eigenvalue weighted by Gasteiger charge is -2.42. The van der Waals surface area contributed by atoms with Crippen molar-refractivity contribution in [2.75, 3.05) is 6.61 Å². The van der Waals surface area contributed by atoms with E-state index in [1.165, 1.54) is 24.8 Å². The largest absolute Gasteiger partial charge is 0.396 e. The average Bonchev–Trinajstić information content (AvgIpc) is 2.24. The number of hydrogen-bond donors (Lipinski definition) is 2. The summed E-state index contributed by atoms with van der Waals surface area (Å²) in [6.45, 7) is 3.17. The molecule has 0 saturated heterocycles. The fourth-order valence-corrected chi connectivity index (χ4v) is 2.31. The summed E-state index contributed by atoms with van der Waals surface area (Å²) in [5.74, 6) is 0. The molecule has 3 heteroatoms. The molecule has 0 unspecified atom stereocenters. The molecule has 3 nitrogen and oxygen atoms in total. The van der Waals surface area contributed by atoms with Gasteiger partial charge in [0.05, 0.1) is 5.69 Å². The minimum atomic E-state index is 0.179. The van der Waals surface area contributed by atoms with Gasteiger partial charge in [-0.2, -0.15) is 0 Å². The summed E-state index contributed by atoms with van der Waals surface area (Å²) in [4.78, 5) is 4.37. The maximum Gasteiger partial charge on any atom is 0.0570 e. The molecule has 16 heavy (non-hydrogen) atoms. The van der Waals surface area contributed by atoms with Gasteiger partial charge in [0, 0.05) is 24.9 Å². The Labute approximate surface area is 96.9 Å². The van der Waals surface area contributed by atoms with Gasteiger partial charge < -0.3 is 10.4 Å². The van der Waals surface area contributed by atoms with Crippen molar-refractivity contribution in [3.8, 4) is 0 Å². The Morgan fingerprint density at radius 1 is 1.50 bits per heavy atom. The fraction of sp³-hybridized carbons (Fsp3) is 0.615. The molecule has 2 rings (SSSR count). The zero-order valence-corrected chi connectivity index (χ0v) is 9.87. The maximum absolute atomic E-state index is 9.06. The van der Waals surface area contributed by atoms with Crippen LogP contribution in [0.2, 0.25) is 0 Å². The molecule has 88 valence electrons. The van der Waals surface area contributed by atoms with Crippen molar-refractivity contribution in [3.05, 3.63) is 29.6 Å². The molecule has 0 spiro atoms. The molecule has 0 aromatic carbocycles. The van der Waals surface area contributed by atoms with E-state index in [0.29, 0.717) is 0 Å². The van der Waals surface area contributed by atoms with Crippen LogP contribution >= 0.6 is 0 Å². The van der Waals surface area contributed by atoms with Crippen LogP contribution in [0.25, 0.3) is 0 Å². The van der Waals surface area contributed by atoms with Crippen LogP contribution in [0, 0.1) is 6.92 Å². The lowest BCUT2D eigenvalue weighted by Crippen LogP contribution is -2.51. The zero-order valence-electron chi connectivity index (χ0n) is 9.87. The summed E-state index contributed by atoms with van der Waals surface area (Å²) in [5.41, 5.74) is 2.53. The van der Waals surface area contributed by atoms with Crippen LogP contribution in [0.5, 0.6) is 0 Å². The molecule has 1 saturated carbocycles. The van der Waals surface area contributed by atoms with E-state index in [1.807, 2.05) is 12.3 Å². The second kappa shape index (κ2) is 4.93. The highest BCUT2D eigenvalue weighted by Gasteiger charge is 2.35. The van der Waals surface area contributed by atoms with Crippen molar-refractivity contribution >= 4 is 0 Å². The number of nitrogens with zero attached hydrogens (tertiary/aromatic N) is 1. The summed E-state index contributed by atoms with van der Waals surface area (Å²) in [7, 11) is 0. The molecular formula is C13H20N2O. The Kier molecular flexibility index (Phi) is 3.56. The summed E-state index contributed by atoms with van der Waals surface area (Å²) >= 11 is 0. The van der Waals surface area contributed by atoms with Crippen LogP contribution in [0.15, 0.2) is 18.3 Å². The van der Waals surface area contributed by atoms with E-state index in [1.54, 1.807) is 0 Å². The normalized spacial score (nSPS) is 18.1. The number of aliphatic hydroxyl groups excluding tert-OH is 1. The summed E-state index contributed by atoms with van der Waals surface area (Å²) in [6, 6.07) is 4.05. The topological polar surface area (TPSA) is 45.2 Å². The molecule has 0 bridgehead atoms. The van der Waals surface area contributed by atoms with E-state index < -0.39 is 0 Å². The minimum absolute atomic E-state index is 0.179. The highest BCUT2D eigenvalue weighted by Crippen LogP contribution is 2.34. The number of aryl methyl sites for hydroxylation is 1. The molecule has 1 aliphatic carbocycles. The Balaban J connectivity index is 1.93. The van der Waals surface area contributed by atoms with Gasteiger partial charge >= 0.3 is 0 Å². The van der Waals surface area contributed by atoms with Crippen LogP contribution in [0.4, 0.5) is 0 Å². The van der Waals surface area contributed by atoms with Crippen molar-refractivity contribution in [1.82, 2.24) is 10.3 Å². The van der Waals surface area contributed by atoms with Crippen molar-refractivity contribution < 1.29 is 5.11 Å². The van der Waals surface area contributed by atoms with Gasteiger partial charge in [-0.25, -0.2) is 0 Å². The Morgan fingerprint density at radius 2 is 2.31 bits per heavy atom. The van der Waals surface area contributed by atoms with E-state index in [0.717, 1.165) is 18.7 Å². The van der Waals surface area contributed by atoms with Crippen LogP contribution in [-0.2, 0) is 6.54 Å². The van der Waals surface area contributed by atoms with Crippen molar-refractivity contribution in [2.45, 2.75) is 44.7 Å². The third-order valence-electron chi connectivity index (χ3n) is 3.65. The molecule has 1 aromatic rings. The Morgan fingerprint density at radius 3 is 2.88 bits per heavy atom. The molecule has 1 aromatic heterocycles. The van der Waals surface area contributed by atoms with E-state index in [4.69, 9.17) is 5.11 Å². The quantitative estimate of drug-likeness (QED) is 0.795. The number of aliphatic hydroxyl groups is 1. The number of hydrogen-bond acceptors (Lipinski definition) is 3. The maximum atomic E-state index is 9.06. The predicted octanol–water partition coefficient (Wildman–Crippen LogP) is 1.78. The molecule has 1 heterocycles. The zero-order chi connectivity index (χ0) is 11.4. The molecular weight excluding hydrogens is 200 g/mol. The smallest absolute Gasteiger partial charge is 0.0570 e. The minimum Gasteiger partial charge on any atom is -0.396 e. The first kappa shape index (κ1) is 11.6. The first-order chi connectivity index (χ1) is 7.76. The molecule has 2 N–H and O–H groups in total. The van der Waals surface area contributed by atoms with E-state index in [9.17, 15) is 0 Å². The predicted molar refractivity (Wildman–Crippen MR) is 64.1 cm³/mol. The number of pyridine rings is 1. The van der Waals surface area contributed by atoms with Crippen molar-refractivity contribution in [2.24, 2.45) is 0 Å². The molecule has 0 radical (unpaired) electrons. The molecule has 0 amide bonds. The van der Waals surface area contributed by atoms with Gasteiger partial charge in [-0.3, -0.25) is 4.98 Å². The third kappa shape index (κ3) is 2.42. The number of rotatable bonds is 5. The van der Waals surface area contributed by atoms with E-state index >= 15 is 0 Å². The first-order valence-electron chi connectivity index (χ1n) is 6.02. The molecule has 0 aliphatic heterocycles. The van der Waals surface area contributed by atoms with Gasteiger partial charge in [0.1, 0.15) is 0 Å². The second-order valence-corrected chi connectivity index (χ2v) is 4.73. The molecule has 1 fully saturated rings. The third-order valence-corrected chi connectivity index (χ3v) is 3.65. The number of aromatic nitrogens is 1. The van der Waals surface area contributed by atoms with Crippen molar-refractivity contribution in [1.29, 1.82) is 0 Å². The standard InChI is InChI=1S/C13H20N2O/c1-11-4-2-8-14-12(11)10-15-13(7-9-16)5-3-6-13/h2,4,8,15-16H,3,5-7,9-10H2,1H3. The lowest BCUT2D eigenvalue weighted by atomic mass is 9.74. The summed E-state index contributed by atoms with van der Waals surface area (Å²) < 4.78 is 0. The summed E-state index contributed by atoms with van der Waals surface area (Å²) in [5, 5.41) is 12.6. The monoisotopic (exact) mass is 220 g/mol. The first-order valence-corrected chi connectivity index (χ1v) is 6.02. The average molecular weight is 220 g/mol. The Hall–Kier alpha value is -0.930. The van der Waals surface area contributed by atoms with Gasteiger partial charge in [0.25, 0.3) is 0 Å². The Bertz CT molecular complexity index is 348. The van der Waals surface area contributed by atoms with Crippen LogP contribution < -0.4 is 5.32 Å². The van der Waals surface area contributed by atoms with Crippen LogP contribution in [-0.4, -0.2) is 22.2 Å². The number of nitrogens with one attached hydrogen (secondary N) is 1. The van der Waals surface area contributed by atoms with Gasteiger partial charge in [-0.05, 0) is 44.2 Å². The fourth-order valence-electron chi connectivity index (χ4n) is 2.31. The van der Waals surface area contributed by atoms with Crippen molar-refractivity contribution in [3.63, 3.8) is 0 Å². The molecule has 1 aliphatic rings. The van der Waals surface area contributed by atoms with Gasteiger partial charge in [0.15, 0.2) is 0 Å². The summed E-state index contributed by atoms with van der Waals surface area (Å²) in [6.07, 6.45) is 6.33. The molecule has 0 atom stereocenters. The SMILES string of the molecule is Cc1cccnc1CNC1(CCO)CCC1. The van der Waals surface area contributed by atoms with Gasteiger partial charge in [-0.15, -0.1) is 0 Å². The highest BCUT2D eigenvalue weighted by molar-refractivity contribution is 5.17. The van der Waals surface area contributed by atoms with Crippen LogP contribution in [0.1, 0.15) is 36.9 Å². The van der Waals surface area contributed by atoms with Gasteiger partial charge in [-0.1, -0.05) is 6.07 Å². The lowest BCUT2D eigenvalue weighted by molar-refractivity contribution is 0.129. The second-order valence-electron chi connectivity index (χ2n) is 4.73. The van der Waals surface area contributed by atoms with E-state index in [-0.39, 0.29) is 12.1 Å². The van der Waals surface area contributed by atoms with Crippen LogP contribution in [0.3, 0.4) is 0 Å². The van der Waals surface area contributed by atoms with E-state index in [2.05, 4.69) is 23.3 Å².